The zero-order valence-electron chi connectivity index (χ0n) is 10.8. The lowest BCUT2D eigenvalue weighted by atomic mass is 10.1. The van der Waals surface area contributed by atoms with Crippen LogP contribution in [0.1, 0.15) is 15.9 Å². The SMILES string of the molecule is Cc1cccc(C(=O)NCCN2C(=O)CSC2=O)c1Br. The van der Waals surface area contributed by atoms with E-state index in [4.69, 9.17) is 0 Å². The third-order valence-electron chi connectivity index (χ3n) is 2.90. The van der Waals surface area contributed by atoms with Gasteiger partial charge in [-0.05, 0) is 34.5 Å². The number of imide groups is 1. The molecule has 2 rings (SSSR count). The average Bonchev–Trinajstić information content (AvgIpc) is 2.73. The lowest BCUT2D eigenvalue weighted by Gasteiger charge is -2.13. The van der Waals surface area contributed by atoms with Gasteiger partial charge in [-0.15, -0.1) is 0 Å². The number of thioether (sulfide) groups is 1. The number of nitrogens with one attached hydrogen (secondary N) is 1. The number of nitrogens with zero attached hydrogens (tertiary/aromatic N) is 1. The van der Waals surface area contributed by atoms with Crippen LogP contribution in [0.3, 0.4) is 0 Å². The van der Waals surface area contributed by atoms with Crippen LogP contribution in [-0.4, -0.2) is 40.8 Å². The van der Waals surface area contributed by atoms with Crippen molar-refractivity contribution in [2.45, 2.75) is 6.92 Å². The highest BCUT2D eigenvalue weighted by Crippen LogP contribution is 2.21. The van der Waals surface area contributed by atoms with Crippen LogP contribution in [0.2, 0.25) is 0 Å². The van der Waals surface area contributed by atoms with Gasteiger partial charge in [-0.1, -0.05) is 23.9 Å². The maximum atomic E-state index is 12.0. The van der Waals surface area contributed by atoms with Gasteiger partial charge in [0, 0.05) is 17.6 Å². The summed E-state index contributed by atoms with van der Waals surface area (Å²) in [5, 5.41) is 2.46. The van der Waals surface area contributed by atoms with E-state index in [1.54, 1.807) is 12.1 Å². The number of hydrogen-bond donors (Lipinski definition) is 1. The summed E-state index contributed by atoms with van der Waals surface area (Å²) >= 11 is 4.37. The van der Waals surface area contributed by atoms with Crippen LogP contribution in [0.4, 0.5) is 4.79 Å². The fraction of sp³-hybridized carbons (Fsp3) is 0.308. The summed E-state index contributed by atoms with van der Waals surface area (Å²) in [6.45, 7) is 2.36. The van der Waals surface area contributed by atoms with E-state index in [2.05, 4.69) is 21.2 Å². The fourth-order valence-electron chi connectivity index (χ4n) is 1.80. The molecule has 0 aliphatic carbocycles. The van der Waals surface area contributed by atoms with Gasteiger partial charge in [0.25, 0.3) is 11.1 Å². The summed E-state index contributed by atoms with van der Waals surface area (Å²) < 4.78 is 0.751. The van der Waals surface area contributed by atoms with Crippen LogP contribution < -0.4 is 5.32 Å². The Morgan fingerprint density at radius 1 is 1.45 bits per heavy atom. The average molecular weight is 357 g/mol. The molecule has 0 spiro atoms. The lowest BCUT2D eigenvalue weighted by Crippen LogP contribution is -2.37. The van der Waals surface area contributed by atoms with Gasteiger partial charge >= 0.3 is 0 Å². The van der Waals surface area contributed by atoms with Crippen molar-refractivity contribution in [1.82, 2.24) is 10.2 Å². The standard InChI is InChI=1S/C13H13BrN2O3S/c1-8-3-2-4-9(11(8)14)12(18)15-5-6-16-10(17)7-20-13(16)19/h2-4H,5-7H2,1H3,(H,15,18). The van der Waals surface area contributed by atoms with E-state index in [0.29, 0.717) is 5.56 Å². The van der Waals surface area contributed by atoms with Gasteiger partial charge in [0.2, 0.25) is 5.91 Å². The number of aryl methyl sites for hydroxylation is 1. The Labute approximate surface area is 129 Å². The molecule has 3 amide bonds. The van der Waals surface area contributed by atoms with Gasteiger partial charge in [0.05, 0.1) is 11.3 Å². The number of hydrogen-bond acceptors (Lipinski definition) is 4. The lowest BCUT2D eigenvalue weighted by molar-refractivity contribution is -0.124. The first-order valence-electron chi connectivity index (χ1n) is 6.01. The molecule has 20 heavy (non-hydrogen) atoms. The van der Waals surface area contributed by atoms with Gasteiger partial charge in [-0.25, -0.2) is 0 Å². The normalized spacial score (nSPS) is 14.8. The summed E-state index contributed by atoms with van der Waals surface area (Å²) in [6, 6.07) is 5.42. The second-order valence-corrected chi connectivity index (χ2v) is 6.01. The van der Waals surface area contributed by atoms with Crippen LogP contribution in [0, 0.1) is 6.92 Å². The zero-order valence-corrected chi connectivity index (χ0v) is 13.2. The van der Waals surface area contributed by atoms with Crippen LogP contribution in [0.15, 0.2) is 22.7 Å². The highest BCUT2D eigenvalue weighted by molar-refractivity contribution is 9.10. The van der Waals surface area contributed by atoms with Crippen molar-refractivity contribution in [2.75, 3.05) is 18.8 Å². The molecule has 1 N–H and O–H groups in total. The molecular formula is C13H13BrN2O3S. The molecule has 1 saturated heterocycles. The van der Waals surface area contributed by atoms with Crippen molar-refractivity contribution < 1.29 is 14.4 Å². The third-order valence-corrected chi connectivity index (χ3v) is 4.81. The van der Waals surface area contributed by atoms with E-state index in [9.17, 15) is 14.4 Å². The highest BCUT2D eigenvalue weighted by Gasteiger charge is 2.29. The summed E-state index contributed by atoms with van der Waals surface area (Å²) in [7, 11) is 0. The van der Waals surface area contributed by atoms with E-state index in [-0.39, 0.29) is 35.9 Å². The first-order valence-corrected chi connectivity index (χ1v) is 7.79. The van der Waals surface area contributed by atoms with Crippen LogP contribution in [-0.2, 0) is 4.79 Å². The molecule has 0 atom stereocenters. The van der Waals surface area contributed by atoms with E-state index < -0.39 is 0 Å². The molecule has 0 unspecified atom stereocenters. The van der Waals surface area contributed by atoms with Crippen LogP contribution in [0.5, 0.6) is 0 Å². The number of benzene rings is 1. The van der Waals surface area contributed by atoms with Gasteiger partial charge < -0.3 is 5.32 Å². The predicted octanol–water partition coefficient (Wildman–Crippen LogP) is 2.18. The first kappa shape index (κ1) is 15.1. The Morgan fingerprint density at radius 2 is 2.20 bits per heavy atom. The fourth-order valence-corrected chi connectivity index (χ4v) is 2.99. The molecule has 1 aromatic carbocycles. The molecular weight excluding hydrogens is 344 g/mol. The van der Waals surface area contributed by atoms with E-state index in [1.807, 2.05) is 13.0 Å². The summed E-state index contributed by atoms with van der Waals surface area (Å²) in [5.74, 6) is -0.241. The molecule has 0 aromatic heterocycles. The summed E-state index contributed by atoms with van der Waals surface area (Å²) in [4.78, 5) is 36.0. The maximum absolute atomic E-state index is 12.0. The zero-order chi connectivity index (χ0) is 14.7. The van der Waals surface area contributed by atoms with E-state index in [1.165, 1.54) is 0 Å². The van der Waals surface area contributed by atoms with E-state index >= 15 is 0 Å². The van der Waals surface area contributed by atoms with Gasteiger partial charge in [0.15, 0.2) is 0 Å². The molecule has 5 nitrogen and oxygen atoms in total. The van der Waals surface area contributed by atoms with Crippen molar-refractivity contribution >= 4 is 44.7 Å². The van der Waals surface area contributed by atoms with Gasteiger partial charge in [-0.3, -0.25) is 19.3 Å². The number of amides is 3. The highest BCUT2D eigenvalue weighted by atomic mass is 79.9. The second kappa shape index (κ2) is 6.41. The number of carbonyl (C=O) groups is 3. The maximum Gasteiger partial charge on any atom is 0.288 e. The minimum atomic E-state index is -0.249. The van der Waals surface area contributed by atoms with Crippen LogP contribution in [0.25, 0.3) is 0 Å². The Kier molecular flexibility index (Phi) is 4.82. The number of carbonyl (C=O) groups excluding carboxylic acids is 3. The largest absolute Gasteiger partial charge is 0.350 e. The van der Waals surface area contributed by atoms with Crippen LogP contribution >= 0.6 is 27.7 Å². The Bertz CT molecular complexity index is 561. The predicted molar refractivity (Wildman–Crippen MR) is 80.8 cm³/mol. The molecule has 1 heterocycles. The topological polar surface area (TPSA) is 66.5 Å². The molecule has 1 aliphatic rings. The molecule has 0 bridgehead atoms. The quantitative estimate of drug-likeness (QED) is 0.897. The van der Waals surface area contributed by atoms with Gasteiger partial charge in [-0.2, -0.15) is 0 Å². The summed E-state index contributed by atoms with van der Waals surface area (Å²) in [5.41, 5.74) is 1.51. The Morgan fingerprint density at radius 3 is 2.85 bits per heavy atom. The number of rotatable bonds is 4. The van der Waals surface area contributed by atoms with Crippen molar-refractivity contribution in [1.29, 1.82) is 0 Å². The Hall–Kier alpha value is -1.34. The molecule has 1 aromatic rings. The monoisotopic (exact) mass is 356 g/mol. The van der Waals surface area contributed by atoms with Crippen molar-refractivity contribution in [3.8, 4) is 0 Å². The second-order valence-electron chi connectivity index (χ2n) is 4.29. The summed E-state index contributed by atoms with van der Waals surface area (Å²) in [6.07, 6.45) is 0. The smallest absolute Gasteiger partial charge is 0.288 e. The van der Waals surface area contributed by atoms with Gasteiger partial charge in [0.1, 0.15) is 0 Å². The minimum Gasteiger partial charge on any atom is -0.350 e. The van der Waals surface area contributed by atoms with E-state index in [0.717, 1.165) is 26.7 Å². The minimum absolute atomic E-state index is 0.191. The third kappa shape index (κ3) is 3.21. The molecule has 1 fully saturated rings. The first-order chi connectivity index (χ1) is 9.50. The molecule has 0 radical (unpaired) electrons. The van der Waals surface area contributed by atoms with Crippen molar-refractivity contribution in [3.05, 3.63) is 33.8 Å². The molecule has 0 saturated carbocycles. The Balaban J connectivity index is 1.91. The molecule has 106 valence electrons. The van der Waals surface area contributed by atoms with Crippen molar-refractivity contribution in [3.63, 3.8) is 0 Å². The molecule has 1 aliphatic heterocycles. The number of halogens is 1. The van der Waals surface area contributed by atoms with Crippen molar-refractivity contribution in [2.24, 2.45) is 0 Å². The molecule has 7 heteroatoms.